The van der Waals surface area contributed by atoms with Crippen molar-refractivity contribution in [1.29, 1.82) is 0 Å². The highest BCUT2D eigenvalue weighted by Crippen LogP contribution is 2.18. The third-order valence-electron chi connectivity index (χ3n) is 4.09. The van der Waals surface area contributed by atoms with Crippen LogP contribution in [0.5, 0.6) is 5.75 Å². The number of nitrogens with zero attached hydrogens (tertiary/aromatic N) is 1. The molecule has 0 unspecified atom stereocenters. The van der Waals surface area contributed by atoms with Gasteiger partial charge in [-0.3, -0.25) is 9.59 Å². The molecule has 2 amide bonds. The topological polar surface area (TPSA) is 58.6 Å². The van der Waals surface area contributed by atoms with Gasteiger partial charge < -0.3 is 15.0 Å². The van der Waals surface area contributed by atoms with Crippen LogP contribution >= 0.6 is 27.5 Å². The lowest BCUT2D eigenvalue weighted by Crippen LogP contribution is -2.53. The standard InChI is InChI=1S/C22H26BrClN2O3/c1-15(21(28)25-22(2,3)4)26(13-16-8-10-17(23)11-9-16)20(27)14-29-19-7-5-6-18(24)12-19/h5-12,15H,13-14H2,1-4H3,(H,25,28)/t15-/m1/s1. The van der Waals surface area contributed by atoms with Gasteiger partial charge in [0.1, 0.15) is 11.8 Å². The van der Waals surface area contributed by atoms with E-state index in [0.29, 0.717) is 17.3 Å². The van der Waals surface area contributed by atoms with Gasteiger partial charge in [0.15, 0.2) is 6.61 Å². The Bertz CT molecular complexity index is 850. The SMILES string of the molecule is C[C@H](C(=O)NC(C)(C)C)N(Cc1ccc(Br)cc1)C(=O)COc1cccc(Cl)c1. The quantitative estimate of drug-likeness (QED) is 0.617. The van der Waals surface area contributed by atoms with Crippen LogP contribution in [-0.4, -0.2) is 34.9 Å². The molecular formula is C22H26BrClN2O3. The maximum atomic E-state index is 13.0. The molecular weight excluding hydrogens is 456 g/mol. The van der Waals surface area contributed by atoms with Crippen molar-refractivity contribution >= 4 is 39.3 Å². The van der Waals surface area contributed by atoms with Gasteiger partial charge in [0.25, 0.3) is 5.91 Å². The molecule has 0 fully saturated rings. The van der Waals surface area contributed by atoms with Gasteiger partial charge in [0.2, 0.25) is 5.91 Å². The van der Waals surface area contributed by atoms with E-state index < -0.39 is 11.6 Å². The van der Waals surface area contributed by atoms with Crippen LogP contribution in [0.2, 0.25) is 5.02 Å². The Morgan fingerprint density at radius 3 is 2.41 bits per heavy atom. The molecule has 156 valence electrons. The van der Waals surface area contributed by atoms with Crippen LogP contribution < -0.4 is 10.1 Å². The lowest BCUT2D eigenvalue weighted by molar-refractivity contribution is -0.142. The van der Waals surface area contributed by atoms with Crippen molar-refractivity contribution in [3.8, 4) is 5.75 Å². The minimum Gasteiger partial charge on any atom is -0.484 e. The van der Waals surface area contributed by atoms with Gasteiger partial charge in [0.05, 0.1) is 0 Å². The minimum atomic E-state index is -0.659. The lowest BCUT2D eigenvalue weighted by atomic mass is 10.1. The summed E-state index contributed by atoms with van der Waals surface area (Å²) in [5.74, 6) is -0.00333. The Labute approximate surface area is 185 Å². The molecule has 0 aliphatic carbocycles. The summed E-state index contributed by atoms with van der Waals surface area (Å²) in [6.07, 6.45) is 0. The molecule has 0 radical (unpaired) electrons. The Kier molecular flexibility index (Phi) is 8.11. The summed E-state index contributed by atoms with van der Waals surface area (Å²) in [4.78, 5) is 27.2. The Balaban J connectivity index is 2.16. The van der Waals surface area contributed by atoms with Crippen molar-refractivity contribution in [2.24, 2.45) is 0 Å². The first-order chi connectivity index (χ1) is 13.5. The Morgan fingerprint density at radius 1 is 1.17 bits per heavy atom. The predicted octanol–water partition coefficient (Wildman–Crippen LogP) is 4.81. The van der Waals surface area contributed by atoms with Gasteiger partial charge in [-0.2, -0.15) is 0 Å². The van der Waals surface area contributed by atoms with Gasteiger partial charge in [-0.15, -0.1) is 0 Å². The normalized spacial score (nSPS) is 12.2. The summed E-state index contributed by atoms with van der Waals surface area (Å²) in [5.41, 5.74) is 0.523. The average molecular weight is 482 g/mol. The van der Waals surface area contributed by atoms with Crippen LogP contribution in [-0.2, 0) is 16.1 Å². The number of amides is 2. The monoisotopic (exact) mass is 480 g/mol. The zero-order valence-electron chi connectivity index (χ0n) is 17.0. The van der Waals surface area contributed by atoms with Crippen molar-refractivity contribution < 1.29 is 14.3 Å². The molecule has 0 saturated carbocycles. The molecule has 1 N–H and O–H groups in total. The van der Waals surface area contributed by atoms with Crippen LogP contribution in [0, 0.1) is 0 Å². The second-order valence-corrected chi connectivity index (χ2v) is 9.16. The van der Waals surface area contributed by atoms with E-state index in [0.717, 1.165) is 10.0 Å². The molecule has 0 aromatic heterocycles. The molecule has 7 heteroatoms. The van der Waals surface area contributed by atoms with Gasteiger partial charge in [-0.05, 0) is 63.6 Å². The maximum absolute atomic E-state index is 13.0. The van der Waals surface area contributed by atoms with Crippen LogP contribution in [0.4, 0.5) is 0 Å². The van der Waals surface area contributed by atoms with E-state index in [4.69, 9.17) is 16.3 Å². The third kappa shape index (κ3) is 7.71. The molecule has 2 rings (SSSR count). The number of hydrogen-bond donors (Lipinski definition) is 1. The summed E-state index contributed by atoms with van der Waals surface area (Å²) in [6.45, 7) is 7.53. The first-order valence-corrected chi connectivity index (χ1v) is 10.5. The van der Waals surface area contributed by atoms with E-state index in [9.17, 15) is 9.59 Å². The molecule has 0 heterocycles. The summed E-state index contributed by atoms with van der Waals surface area (Å²) >= 11 is 9.37. The highest BCUT2D eigenvalue weighted by molar-refractivity contribution is 9.10. The molecule has 0 saturated heterocycles. The summed E-state index contributed by atoms with van der Waals surface area (Å²) < 4.78 is 6.55. The summed E-state index contributed by atoms with van der Waals surface area (Å²) in [7, 11) is 0. The highest BCUT2D eigenvalue weighted by Gasteiger charge is 2.28. The van der Waals surface area contributed by atoms with Crippen molar-refractivity contribution in [3.63, 3.8) is 0 Å². The number of carbonyl (C=O) groups excluding carboxylic acids is 2. The van der Waals surface area contributed by atoms with E-state index in [1.54, 1.807) is 31.2 Å². The minimum absolute atomic E-state index is 0.190. The molecule has 0 bridgehead atoms. The van der Waals surface area contributed by atoms with Crippen LogP contribution in [0.25, 0.3) is 0 Å². The smallest absolute Gasteiger partial charge is 0.261 e. The van der Waals surface area contributed by atoms with E-state index in [1.807, 2.05) is 45.0 Å². The number of hydrogen-bond acceptors (Lipinski definition) is 3. The fraction of sp³-hybridized carbons (Fsp3) is 0.364. The fourth-order valence-electron chi connectivity index (χ4n) is 2.63. The van der Waals surface area contributed by atoms with Crippen molar-refractivity contribution in [2.75, 3.05) is 6.61 Å². The van der Waals surface area contributed by atoms with Crippen molar-refractivity contribution in [1.82, 2.24) is 10.2 Å². The number of halogens is 2. The first kappa shape index (κ1) is 23.2. The van der Waals surface area contributed by atoms with Gasteiger partial charge in [0, 0.05) is 21.6 Å². The van der Waals surface area contributed by atoms with E-state index in [-0.39, 0.29) is 18.4 Å². The molecule has 0 aliphatic heterocycles. The molecule has 0 spiro atoms. The van der Waals surface area contributed by atoms with E-state index in [2.05, 4.69) is 21.2 Å². The zero-order chi connectivity index (χ0) is 21.6. The molecule has 2 aromatic rings. The second kappa shape index (κ2) is 10.1. The molecule has 2 aromatic carbocycles. The number of benzene rings is 2. The zero-order valence-corrected chi connectivity index (χ0v) is 19.4. The molecule has 1 atom stereocenters. The van der Waals surface area contributed by atoms with Gasteiger partial charge >= 0.3 is 0 Å². The first-order valence-electron chi connectivity index (χ1n) is 9.29. The van der Waals surface area contributed by atoms with Crippen molar-refractivity contribution in [2.45, 2.75) is 45.8 Å². The maximum Gasteiger partial charge on any atom is 0.261 e. The van der Waals surface area contributed by atoms with Gasteiger partial charge in [-0.25, -0.2) is 0 Å². The number of carbonyl (C=O) groups is 2. The Morgan fingerprint density at radius 2 is 1.83 bits per heavy atom. The highest BCUT2D eigenvalue weighted by atomic mass is 79.9. The fourth-order valence-corrected chi connectivity index (χ4v) is 3.07. The number of ether oxygens (including phenoxy) is 1. The molecule has 0 aliphatic rings. The summed E-state index contributed by atoms with van der Waals surface area (Å²) in [6, 6.07) is 13.8. The van der Waals surface area contributed by atoms with E-state index in [1.165, 1.54) is 4.90 Å². The van der Waals surface area contributed by atoms with Crippen LogP contribution in [0.3, 0.4) is 0 Å². The lowest BCUT2D eigenvalue weighted by Gasteiger charge is -2.31. The van der Waals surface area contributed by atoms with Gasteiger partial charge in [-0.1, -0.05) is 45.7 Å². The number of nitrogens with one attached hydrogen (secondary N) is 1. The second-order valence-electron chi connectivity index (χ2n) is 7.81. The largest absolute Gasteiger partial charge is 0.484 e. The third-order valence-corrected chi connectivity index (χ3v) is 4.85. The molecule has 5 nitrogen and oxygen atoms in total. The number of rotatable bonds is 7. The van der Waals surface area contributed by atoms with Crippen LogP contribution in [0.15, 0.2) is 53.0 Å². The predicted molar refractivity (Wildman–Crippen MR) is 119 cm³/mol. The van der Waals surface area contributed by atoms with Crippen LogP contribution in [0.1, 0.15) is 33.3 Å². The average Bonchev–Trinajstić information content (AvgIpc) is 2.64. The summed E-state index contributed by atoms with van der Waals surface area (Å²) in [5, 5.41) is 3.46. The Hall–Kier alpha value is -2.05. The van der Waals surface area contributed by atoms with E-state index >= 15 is 0 Å². The molecule has 29 heavy (non-hydrogen) atoms. The van der Waals surface area contributed by atoms with Crippen molar-refractivity contribution in [3.05, 3.63) is 63.6 Å².